The second-order valence-corrected chi connectivity index (χ2v) is 5.53. The van der Waals surface area contributed by atoms with Gasteiger partial charge in [-0.05, 0) is 12.1 Å². The number of benzene rings is 1. The maximum Gasteiger partial charge on any atom is 0.228 e. The van der Waals surface area contributed by atoms with Gasteiger partial charge in [-0.3, -0.25) is 9.59 Å². The predicted molar refractivity (Wildman–Crippen MR) is 74.1 cm³/mol. The first-order valence-electron chi connectivity index (χ1n) is 6.94. The van der Waals surface area contributed by atoms with E-state index in [0.717, 1.165) is 5.69 Å². The fourth-order valence-corrected chi connectivity index (χ4v) is 2.85. The number of aliphatic hydroxyl groups is 1. The second-order valence-electron chi connectivity index (χ2n) is 5.53. The average Bonchev–Trinajstić information content (AvgIpc) is 2.80. The van der Waals surface area contributed by atoms with E-state index in [2.05, 4.69) is 0 Å². The van der Waals surface area contributed by atoms with Crippen LogP contribution in [0.1, 0.15) is 6.42 Å². The lowest BCUT2D eigenvalue weighted by Gasteiger charge is -2.39. The molecule has 2 aliphatic heterocycles. The number of amides is 2. The molecule has 5 nitrogen and oxygen atoms in total. The van der Waals surface area contributed by atoms with E-state index in [1.54, 1.807) is 9.80 Å². The lowest BCUT2D eigenvalue weighted by molar-refractivity contribution is -0.142. The van der Waals surface area contributed by atoms with Crippen molar-refractivity contribution in [2.75, 3.05) is 31.1 Å². The van der Waals surface area contributed by atoms with Gasteiger partial charge in [0.2, 0.25) is 11.8 Å². The maximum atomic E-state index is 12.3. The predicted octanol–water partition coefficient (Wildman–Crippen LogP) is 0.490. The molecule has 1 N–H and O–H groups in total. The molecule has 2 heterocycles. The topological polar surface area (TPSA) is 60.9 Å². The zero-order chi connectivity index (χ0) is 14.1. The van der Waals surface area contributed by atoms with Crippen molar-refractivity contribution < 1.29 is 14.7 Å². The van der Waals surface area contributed by atoms with Gasteiger partial charge in [-0.25, -0.2) is 0 Å². The van der Waals surface area contributed by atoms with Crippen LogP contribution in [0, 0.1) is 11.8 Å². The van der Waals surface area contributed by atoms with Crippen LogP contribution in [-0.4, -0.2) is 48.1 Å². The standard InChI is InChI=1S/C15H18N2O3/c18-10-11-7-16(8-11)15(20)12-6-14(19)17(9-12)13-4-2-1-3-5-13/h1-5,11-12,18H,6-10H2. The van der Waals surface area contributed by atoms with Crippen molar-refractivity contribution in [1.82, 2.24) is 4.90 Å². The third-order valence-electron chi connectivity index (χ3n) is 4.07. The van der Waals surface area contributed by atoms with Crippen LogP contribution in [0.5, 0.6) is 0 Å². The molecule has 3 rings (SSSR count). The van der Waals surface area contributed by atoms with Crippen LogP contribution in [-0.2, 0) is 9.59 Å². The van der Waals surface area contributed by atoms with Crippen LogP contribution in [0.25, 0.3) is 0 Å². The van der Waals surface area contributed by atoms with Gasteiger partial charge in [0.25, 0.3) is 0 Å². The molecule has 2 amide bonds. The lowest BCUT2D eigenvalue weighted by atomic mass is 9.97. The first-order valence-corrected chi connectivity index (χ1v) is 6.94. The number of aliphatic hydroxyl groups excluding tert-OH is 1. The normalized spacial score (nSPS) is 23.1. The quantitative estimate of drug-likeness (QED) is 0.872. The van der Waals surface area contributed by atoms with Crippen LogP contribution < -0.4 is 4.90 Å². The number of carbonyl (C=O) groups is 2. The summed E-state index contributed by atoms with van der Waals surface area (Å²) in [5, 5.41) is 8.98. The largest absolute Gasteiger partial charge is 0.396 e. The highest BCUT2D eigenvalue weighted by atomic mass is 16.3. The highest BCUT2D eigenvalue weighted by molar-refractivity contribution is 6.00. The lowest BCUT2D eigenvalue weighted by Crippen LogP contribution is -2.53. The Balaban J connectivity index is 1.64. The Morgan fingerprint density at radius 2 is 1.90 bits per heavy atom. The van der Waals surface area contributed by atoms with Gasteiger partial charge >= 0.3 is 0 Å². The van der Waals surface area contributed by atoms with Crippen LogP contribution in [0.4, 0.5) is 5.69 Å². The summed E-state index contributed by atoms with van der Waals surface area (Å²) < 4.78 is 0. The molecule has 2 fully saturated rings. The highest BCUT2D eigenvalue weighted by Crippen LogP contribution is 2.28. The van der Waals surface area contributed by atoms with Crippen LogP contribution in [0.2, 0.25) is 0 Å². The van der Waals surface area contributed by atoms with E-state index in [4.69, 9.17) is 5.11 Å². The van der Waals surface area contributed by atoms with Crippen LogP contribution >= 0.6 is 0 Å². The van der Waals surface area contributed by atoms with E-state index in [1.807, 2.05) is 30.3 Å². The molecule has 2 saturated heterocycles. The van der Waals surface area contributed by atoms with Gasteiger partial charge in [-0.2, -0.15) is 0 Å². The molecule has 106 valence electrons. The third kappa shape index (κ3) is 2.29. The van der Waals surface area contributed by atoms with Crippen molar-refractivity contribution in [3.8, 4) is 0 Å². The number of nitrogens with zero attached hydrogens (tertiary/aromatic N) is 2. The van der Waals surface area contributed by atoms with Crippen molar-refractivity contribution in [3.05, 3.63) is 30.3 Å². The monoisotopic (exact) mass is 274 g/mol. The van der Waals surface area contributed by atoms with E-state index < -0.39 is 0 Å². The molecule has 0 saturated carbocycles. The molecule has 0 aromatic heterocycles. The summed E-state index contributed by atoms with van der Waals surface area (Å²) in [4.78, 5) is 27.8. The molecule has 5 heteroatoms. The minimum absolute atomic E-state index is 0.00813. The Morgan fingerprint density at radius 3 is 2.55 bits per heavy atom. The molecule has 20 heavy (non-hydrogen) atoms. The Hall–Kier alpha value is -1.88. The van der Waals surface area contributed by atoms with Gasteiger partial charge in [0.1, 0.15) is 0 Å². The first-order chi connectivity index (χ1) is 9.69. The first kappa shape index (κ1) is 13.1. The van der Waals surface area contributed by atoms with Gasteiger partial charge in [0, 0.05) is 44.3 Å². The number of likely N-dealkylation sites (tertiary alicyclic amines) is 1. The van der Waals surface area contributed by atoms with Crippen molar-refractivity contribution in [2.24, 2.45) is 11.8 Å². The van der Waals surface area contributed by atoms with Crippen molar-refractivity contribution in [2.45, 2.75) is 6.42 Å². The number of anilines is 1. The van der Waals surface area contributed by atoms with Gasteiger partial charge in [0.05, 0.1) is 5.92 Å². The summed E-state index contributed by atoms with van der Waals surface area (Å²) in [5.41, 5.74) is 0.852. The molecule has 0 spiro atoms. The fourth-order valence-electron chi connectivity index (χ4n) is 2.85. The zero-order valence-corrected chi connectivity index (χ0v) is 11.2. The molecule has 1 aromatic rings. The minimum Gasteiger partial charge on any atom is -0.396 e. The van der Waals surface area contributed by atoms with E-state index in [0.29, 0.717) is 19.6 Å². The van der Waals surface area contributed by atoms with Crippen molar-refractivity contribution in [3.63, 3.8) is 0 Å². The van der Waals surface area contributed by atoms with E-state index >= 15 is 0 Å². The molecule has 0 radical (unpaired) electrons. The van der Waals surface area contributed by atoms with Gasteiger partial charge in [0.15, 0.2) is 0 Å². The number of hydrogen-bond acceptors (Lipinski definition) is 3. The molecular weight excluding hydrogens is 256 g/mol. The Labute approximate surface area is 117 Å². The number of carbonyl (C=O) groups excluding carboxylic acids is 2. The minimum atomic E-state index is -0.248. The summed E-state index contributed by atoms with van der Waals surface area (Å²) in [5.74, 6) is 0.0129. The third-order valence-corrected chi connectivity index (χ3v) is 4.07. The van der Waals surface area contributed by atoms with E-state index in [-0.39, 0.29) is 36.7 Å². The molecule has 1 unspecified atom stereocenters. The molecular formula is C15H18N2O3. The summed E-state index contributed by atoms with van der Waals surface area (Å²) >= 11 is 0. The summed E-state index contributed by atoms with van der Waals surface area (Å²) in [7, 11) is 0. The van der Waals surface area contributed by atoms with Gasteiger partial charge < -0.3 is 14.9 Å². The molecule has 1 atom stereocenters. The van der Waals surface area contributed by atoms with Crippen LogP contribution in [0.15, 0.2) is 30.3 Å². The average molecular weight is 274 g/mol. The van der Waals surface area contributed by atoms with E-state index in [1.165, 1.54) is 0 Å². The fraction of sp³-hybridized carbons (Fsp3) is 0.467. The number of rotatable bonds is 3. The summed E-state index contributed by atoms with van der Waals surface area (Å²) in [6.45, 7) is 1.82. The number of para-hydroxylation sites is 1. The number of hydrogen-bond donors (Lipinski definition) is 1. The molecule has 0 aliphatic carbocycles. The maximum absolute atomic E-state index is 12.3. The zero-order valence-electron chi connectivity index (χ0n) is 11.2. The Kier molecular flexibility index (Phi) is 3.44. The van der Waals surface area contributed by atoms with Gasteiger partial charge in [-0.15, -0.1) is 0 Å². The molecule has 2 aliphatic rings. The summed E-state index contributed by atoms with van der Waals surface area (Å²) in [6, 6.07) is 9.45. The van der Waals surface area contributed by atoms with Crippen molar-refractivity contribution in [1.29, 1.82) is 0 Å². The highest BCUT2D eigenvalue weighted by Gasteiger charge is 2.40. The molecule has 0 bridgehead atoms. The Bertz CT molecular complexity index is 511. The van der Waals surface area contributed by atoms with E-state index in [9.17, 15) is 9.59 Å². The second kappa shape index (κ2) is 5.25. The van der Waals surface area contributed by atoms with Crippen LogP contribution in [0.3, 0.4) is 0 Å². The smallest absolute Gasteiger partial charge is 0.228 e. The van der Waals surface area contributed by atoms with Gasteiger partial charge in [-0.1, -0.05) is 18.2 Å². The SMILES string of the molecule is O=C(C1CC(=O)N(c2ccccc2)C1)N1CC(CO)C1. The Morgan fingerprint density at radius 1 is 1.20 bits per heavy atom. The van der Waals surface area contributed by atoms with Crippen molar-refractivity contribution >= 4 is 17.5 Å². The molecule has 1 aromatic carbocycles. The summed E-state index contributed by atoms with van der Waals surface area (Å²) in [6.07, 6.45) is 0.286.